The lowest BCUT2D eigenvalue weighted by molar-refractivity contribution is 0.573. The summed E-state index contributed by atoms with van der Waals surface area (Å²) in [5.74, 6) is 3.03. The number of oxazole rings is 1. The Morgan fingerprint density at radius 1 is 1.47 bits per heavy atom. The maximum absolute atomic E-state index is 5.95. The Morgan fingerprint density at radius 3 is 3.05 bits per heavy atom. The van der Waals surface area contributed by atoms with Crippen LogP contribution in [0.1, 0.15) is 12.6 Å². The Bertz CT molecular complexity index is 530. The quantitative estimate of drug-likeness (QED) is 0.880. The van der Waals surface area contributed by atoms with Crippen LogP contribution in [-0.2, 0) is 5.75 Å². The second kappa shape index (κ2) is 6.98. The zero-order valence-corrected chi connectivity index (χ0v) is 12.4. The van der Waals surface area contributed by atoms with E-state index in [-0.39, 0.29) is 0 Å². The second-order valence-electron chi connectivity index (χ2n) is 4.51. The zero-order chi connectivity index (χ0) is 13.7. The van der Waals surface area contributed by atoms with Gasteiger partial charge in [0.1, 0.15) is 6.26 Å². The number of thioether (sulfide) groups is 1. The highest BCUT2D eigenvalue weighted by Crippen LogP contribution is 2.23. The number of hydrogen-bond acceptors (Lipinski definition) is 4. The maximum Gasteiger partial charge on any atom is 0.226 e. The van der Waals surface area contributed by atoms with Crippen molar-refractivity contribution in [2.75, 3.05) is 12.3 Å². The molecule has 1 unspecified atom stereocenters. The number of nitrogens with zero attached hydrogens (tertiary/aromatic N) is 1. The second-order valence-corrected chi connectivity index (χ2v) is 5.98. The van der Waals surface area contributed by atoms with E-state index < -0.39 is 0 Å². The van der Waals surface area contributed by atoms with Crippen LogP contribution in [0.15, 0.2) is 34.9 Å². The molecule has 0 bridgehead atoms. The Hall–Kier alpha value is -0.970. The molecule has 1 atom stereocenters. The number of rotatable bonds is 6. The van der Waals surface area contributed by atoms with E-state index in [1.807, 2.05) is 36.0 Å². The van der Waals surface area contributed by atoms with Gasteiger partial charge in [-0.05, 0) is 36.4 Å². The number of aromatic nitrogens is 1. The standard InChI is InChI=1S/C14H17ClN2OS/c1-10(6-16)8-19-9-13-7-18-14(17-13)11-3-2-4-12(15)5-11/h2-5,7,10H,6,8-9,16H2,1H3. The average Bonchev–Trinajstić information content (AvgIpc) is 2.87. The van der Waals surface area contributed by atoms with Crippen LogP contribution in [0.4, 0.5) is 0 Å². The predicted molar refractivity (Wildman–Crippen MR) is 81.3 cm³/mol. The maximum atomic E-state index is 5.95. The average molecular weight is 297 g/mol. The number of halogens is 1. The van der Waals surface area contributed by atoms with E-state index in [1.165, 1.54) is 0 Å². The Balaban J connectivity index is 1.95. The molecule has 0 saturated heterocycles. The molecule has 0 amide bonds. The molecule has 1 heterocycles. The van der Waals surface area contributed by atoms with Gasteiger partial charge in [-0.3, -0.25) is 0 Å². The molecule has 0 aliphatic rings. The van der Waals surface area contributed by atoms with E-state index in [0.717, 1.165) is 29.3 Å². The lowest BCUT2D eigenvalue weighted by atomic mass is 10.2. The van der Waals surface area contributed by atoms with Crippen LogP contribution in [0.3, 0.4) is 0 Å². The van der Waals surface area contributed by atoms with Crippen LogP contribution in [0.2, 0.25) is 5.02 Å². The van der Waals surface area contributed by atoms with Crippen molar-refractivity contribution in [3.63, 3.8) is 0 Å². The lowest BCUT2D eigenvalue weighted by Gasteiger charge is -2.05. The molecule has 0 aliphatic carbocycles. The number of benzene rings is 1. The van der Waals surface area contributed by atoms with Gasteiger partial charge in [-0.25, -0.2) is 4.98 Å². The van der Waals surface area contributed by atoms with Crippen LogP contribution in [0, 0.1) is 5.92 Å². The molecule has 5 heteroatoms. The topological polar surface area (TPSA) is 52.0 Å². The van der Waals surface area contributed by atoms with Crippen LogP contribution in [0.5, 0.6) is 0 Å². The molecule has 2 aromatic rings. The summed E-state index contributed by atoms with van der Waals surface area (Å²) in [6.45, 7) is 2.87. The van der Waals surface area contributed by atoms with Crippen LogP contribution in [-0.4, -0.2) is 17.3 Å². The van der Waals surface area contributed by atoms with Crippen molar-refractivity contribution in [1.29, 1.82) is 0 Å². The fourth-order valence-corrected chi connectivity index (χ4v) is 2.75. The molecule has 2 N–H and O–H groups in total. The first-order chi connectivity index (χ1) is 9.19. The van der Waals surface area contributed by atoms with E-state index in [9.17, 15) is 0 Å². The monoisotopic (exact) mass is 296 g/mol. The van der Waals surface area contributed by atoms with Gasteiger partial charge >= 0.3 is 0 Å². The summed E-state index contributed by atoms with van der Waals surface area (Å²) in [6, 6.07) is 7.50. The third-order valence-corrected chi connectivity index (χ3v) is 4.22. The minimum Gasteiger partial charge on any atom is -0.444 e. The van der Waals surface area contributed by atoms with Crippen molar-refractivity contribution in [2.24, 2.45) is 11.7 Å². The van der Waals surface area contributed by atoms with Crippen molar-refractivity contribution in [2.45, 2.75) is 12.7 Å². The lowest BCUT2D eigenvalue weighted by Crippen LogP contribution is -2.12. The van der Waals surface area contributed by atoms with Crippen molar-refractivity contribution < 1.29 is 4.42 Å². The normalized spacial score (nSPS) is 12.6. The van der Waals surface area contributed by atoms with Gasteiger partial charge in [0, 0.05) is 16.3 Å². The fraction of sp³-hybridized carbons (Fsp3) is 0.357. The van der Waals surface area contributed by atoms with Gasteiger partial charge in [0.2, 0.25) is 5.89 Å². The molecule has 0 fully saturated rings. The highest BCUT2D eigenvalue weighted by molar-refractivity contribution is 7.98. The fourth-order valence-electron chi connectivity index (χ4n) is 1.56. The van der Waals surface area contributed by atoms with Gasteiger partial charge < -0.3 is 10.2 Å². The van der Waals surface area contributed by atoms with Crippen molar-refractivity contribution in [3.05, 3.63) is 41.2 Å². The largest absolute Gasteiger partial charge is 0.444 e. The molecule has 19 heavy (non-hydrogen) atoms. The summed E-state index contributed by atoms with van der Waals surface area (Å²) >= 11 is 7.77. The summed E-state index contributed by atoms with van der Waals surface area (Å²) in [4.78, 5) is 4.47. The summed E-state index contributed by atoms with van der Waals surface area (Å²) in [5, 5.41) is 0.684. The highest BCUT2D eigenvalue weighted by Gasteiger charge is 2.08. The molecule has 0 aliphatic heterocycles. The van der Waals surface area contributed by atoms with Gasteiger partial charge in [0.25, 0.3) is 0 Å². The molecule has 1 aromatic heterocycles. The van der Waals surface area contributed by atoms with Gasteiger partial charge in [0.05, 0.1) is 5.69 Å². The minimum atomic E-state index is 0.532. The molecule has 0 spiro atoms. The Kier molecular flexibility index (Phi) is 5.31. The van der Waals surface area contributed by atoms with Crippen molar-refractivity contribution in [1.82, 2.24) is 4.98 Å². The predicted octanol–water partition coefficient (Wildman–Crippen LogP) is 3.82. The zero-order valence-electron chi connectivity index (χ0n) is 10.8. The first kappa shape index (κ1) is 14.4. The van der Waals surface area contributed by atoms with Crippen LogP contribution in [0.25, 0.3) is 11.5 Å². The molecular formula is C14H17ClN2OS. The molecule has 0 radical (unpaired) electrons. The summed E-state index contributed by atoms with van der Waals surface area (Å²) in [5.41, 5.74) is 7.44. The first-order valence-electron chi connectivity index (χ1n) is 6.17. The number of nitrogens with two attached hydrogens (primary N) is 1. The third kappa shape index (κ3) is 4.27. The molecule has 1 aromatic carbocycles. The minimum absolute atomic E-state index is 0.532. The van der Waals surface area contributed by atoms with Crippen molar-refractivity contribution >= 4 is 23.4 Å². The van der Waals surface area contributed by atoms with Gasteiger partial charge in [0.15, 0.2) is 0 Å². The third-order valence-electron chi connectivity index (χ3n) is 2.68. The molecule has 102 valence electrons. The summed E-state index contributed by atoms with van der Waals surface area (Å²) in [6.07, 6.45) is 1.70. The number of hydrogen-bond donors (Lipinski definition) is 1. The van der Waals surface area contributed by atoms with Crippen LogP contribution >= 0.6 is 23.4 Å². The van der Waals surface area contributed by atoms with Crippen molar-refractivity contribution in [3.8, 4) is 11.5 Å². The van der Waals surface area contributed by atoms with Gasteiger partial charge in [-0.15, -0.1) is 0 Å². The van der Waals surface area contributed by atoms with E-state index in [4.69, 9.17) is 21.8 Å². The Labute approximate surface area is 122 Å². The van der Waals surface area contributed by atoms with E-state index in [2.05, 4.69) is 11.9 Å². The van der Waals surface area contributed by atoms with E-state index >= 15 is 0 Å². The van der Waals surface area contributed by atoms with E-state index in [0.29, 0.717) is 16.8 Å². The molecular weight excluding hydrogens is 280 g/mol. The Morgan fingerprint density at radius 2 is 2.32 bits per heavy atom. The van der Waals surface area contributed by atoms with Crippen LogP contribution < -0.4 is 5.73 Å². The SMILES string of the molecule is CC(CN)CSCc1coc(-c2cccc(Cl)c2)n1. The molecule has 0 saturated carbocycles. The molecule has 3 nitrogen and oxygen atoms in total. The summed E-state index contributed by atoms with van der Waals surface area (Å²) < 4.78 is 5.48. The van der Waals surface area contributed by atoms with Gasteiger partial charge in [-0.1, -0.05) is 24.6 Å². The molecule has 2 rings (SSSR count). The smallest absolute Gasteiger partial charge is 0.226 e. The highest BCUT2D eigenvalue weighted by atomic mass is 35.5. The summed E-state index contributed by atoms with van der Waals surface area (Å²) in [7, 11) is 0. The van der Waals surface area contributed by atoms with Gasteiger partial charge in [-0.2, -0.15) is 11.8 Å². The first-order valence-corrected chi connectivity index (χ1v) is 7.70. The van der Waals surface area contributed by atoms with E-state index in [1.54, 1.807) is 6.26 Å².